The van der Waals surface area contributed by atoms with Gasteiger partial charge in [0.15, 0.2) is 17.3 Å². The Hall–Kier alpha value is -3.93. The molecule has 0 aliphatic carbocycles. The first kappa shape index (κ1) is 23.2. The van der Waals surface area contributed by atoms with Crippen LogP contribution in [0.1, 0.15) is 16.8 Å². The minimum Gasteiger partial charge on any atom is -0.477 e. The standard InChI is InChI=1S/C22H20F3N5O4/c1-26-16-5-6-29(10-17(16)28-34-2)21-15(25)8-12-19(31)13(22(32)33)9-30(20(12)27-21)18-4-3-11(23)7-14(18)24/h3-4,7-9,16,26H,5-6,10H2,1-2H3,(H,32,33)/b28-17-. The number of nitrogens with one attached hydrogen (secondary N) is 1. The Morgan fingerprint density at radius 2 is 2.03 bits per heavy atom. The number of fused-ring (bicyclic) bond motifs is 1. The van der Waals surface area contributed by atoms with Crippen molar-refractivity contribution in [1.29, 1.82) is 0 Å². The maximum atomic E-state index is 15.2. The molecule has 1 fully saturated rings. The Balaban J connectivity index is 1.95. The van der Waals surface area contributed by atoms with Gasteiger partial charge in [-0.2, -0.15) is 0 Å². The number of oxime groups is 1. The first-order valence-electron chi connectivity index (χ1n) is 10.2. The van der Waals surface area contributed by atoms with Gasteiger partial charge in [0.05, 0.1) is 29.4 Å². The molecule has 9 nitrogen and oxygen atoms in total. The van der Waals surface area contributed by atoms with Gasteiger partial charge in [-0.05, 0) is 31.7 Å². The van der Waals surface area contributed by atoms with Crippen LogP contribution < -0.4 is 15.6 Å². The van der Waals surface area contributed by atoms with Gasteiger partial charge in [-0.1, -0.05) is 5.16 Å². The fourth-order valence-corrected chi connectivity index (χ4v) is 3.99. The number of pyridine rings is 2. The highest BCUT2D eigenvalue weighted by molar-refractivity contribution is 5.95. The van der Waals surface area contributed by atoms with E-state index in [9.17, 15) is 23.5 Å². The average molecular weight is 475 g/mol. The number of hydrogen-bond acceptors (Lipinski definition) is 7. The maximum Gasteiger partial charge on any atom is 0.341 e. The summed E-state index contributed by atoms with van der Waals surface area (Å²) >= 11 is 0. The molecule has 3 aromatic rings. The van der Waals surface area contributed by atoms with Gasteiger partial charge in [-0.25, -0.2) is 22.9 Å². The molecule has 0 radical (unpaired) electrons. The van der Waals surface area contributed by atoms with Crippen LogP contribution in [-0.2, 0) is 4.84 Å². The molecule has 178 valence electrons. The lowest BCUT2D eigenvalue weighted by Gasteiger charge is -2.33. The Morgan fingerprint density at radius 3 is 2.68 bits per heavy atom. The van der Waals surface area contributed by atoms with Crippen LogP contribution in [0.25, 0.3) is 16.7 Å². The number of hydrogen-bond donors (Lipinski definition) is 2. The number of carbonyl (C=O) groups is 1. The number of aromatic nitrogens is 2. The Kier molecular flexibility index (Phi) is 6.24. The summed E-state index contributed by atoms with van der Waals surface area (Å²) in [4.78, 5) is 35.1. The Labute approximate surface area is 191 Å². The van der Waals surface area contributed by atoms with Crippen LogP contribution in [0.4, 0.5) is 19.0 Å². The first-order valence-corrected chi connectivity index (χ1v) is 10.2. The van der Waals surface area contributed by atoms with E-state index in [4.69, 9.17) is 4.84 Å². The van der Waals surface area contributed by atoms with Crippen molar-refractivity contribution in [2.24, 2.45) is 5.16 Å². The van der Waals surface area contributed by atoms with E-state index in [1.165, 1.54) is 7.11 Å². The molecule has 0 spiro atoms. The zero-order valence-electron chi connectivity index (χ0n) is 18.2. The molecule has 12 heteroatoms. The zero-order valence-corrected chi connectivity index (χ0v) is 18.2. The molecule has 1 aliphatic heterocycles. The lowest BCUT2D eigenvalue weighted by atomic mass is 10.0. The number of carboxylic acid groups (broad SMARTS) is 1. The van der Waals surface area contributed by atoms with Crippen molar-refractivity contribution < 1.29 is 27.9 Å². The van der Waals surface area contributed by atoms with E-state index in [0.29, 0.717) is 24.7 Å². The third kappa shape index (κ3) is 4.07. The molecule has 2 N–H and O–H groups in total. The zero-order chi connectivity index (χ0) is 24.6. The summed E-state index contributed by atoms with van der Waals surface area (Å²) < 4.78 is 44.3. The number of benzene rings is 1. The summed E-state index contributed by atoms with van der Waals surface area (Å²) in [6.07, 6.45) is 1.44. The van der Waals surface area contributed by atoms with Crippen LogP contribution in [0.3, 0.4) is 0 Å². The van der Waals surface area contributed by atoms with Crippen LogP contribution in [0.2, 0.25) is 0 Å². The Morgan fingerprint density at radius 1 is 1.26 bits per heavy atom. The smallest absolute Gasteiger partial charge is 0.341 e. The molecule has 0 amide bonds. The number of halogens is 3. The van der Waals surface area contributed by atoms with E-state index in [1.807, 2.05) is 0 Å². The lowest BCUT2D eigenvalue weighted by molar-refractivity contribution is 0.0695. The molecular formula is C22H20F3N5O4. The number of piperidine rings is 1. The molecule has 0 saturated carbocycles. The number of rotatable bonds is 5. The van der Waals surface area contributed by atoms with Gasteiger partial charge in [-0.15, -0.1) is 0 Å². The minimum atomic E-state index is -1.58. The van der Waals surface area contributed by atoms with Crippen LogP contribution in [-0.4, -0.2) is 59.6 Å². The van der Waals surface area contributed by atoms with Crippen molar-refractivity contribution in [3.8, 4) is 5.69 Å². The van der Waals surface area contributed by atoms with E-state index in [2.05, 4.69) is 15.5 Å². The molecule has 3 heterocycles. The molecule has 2 aromatic heterocycles. The largest absolute Gasteiger partial charge is 0.477 e. The van der Waals surface area contributed by atoms with Crippen LogP contribution >= 0.6 is 0 Å². The molecule has 1 unspecified atom stereocenters. The quantitative estimate of drug-likeness (QED) is 0.545. The topological polar surface area (TPSA) is 109 Å². The highest BCUT2D eigenvalue weighted by Gasteiger charge is 2.29. The fraction of sp³-hybridized carbons (Fsp3) is 0.273. The summed E-state index contributed by atoms with van der Waals surface area (Å²) in [5.41, 5.74) is -1.53. The third-order valence-corrected chi connectivity index (χ3v) is 5.61. The fourth-order valence-electron chi connectivity index (χ4n) is 3.99. The molecule has 0 bridgehead atoms. The van der Waals surface area contributed by atoms with Crippen LogP contribution in [0.5, 0.6) is 0 Å². The predicted octanol–water partition coefficient (Wildman–Crippen LogP) is 2.30. The highest BCUT2D eigenvalue weighted by atomic mass is 19.1. The van der Waals surface area contributed by atoms with Crippen molar-refractivity contribution in [1.82, 2.24) is 14.9 Å². The van der Waals surface area contributed by atoms with Crippen molar-refractivity contribution in [2.75, 3.05) is 32.1 Å². The first-order chi connectivity index (χ1) is 16.2. The number of carboxylic acids is 1. The monoisotopic (exact) mass is 475 g/mol. The molecule has 34 heavy (non-hydrogen) atoms. The van der Waals surface area contributed by atoms with Crippen molar-refractivity contribution >= 4 is 28.5 Å². The van der Waals surface area contributed by atoms with Crippen LogP contribution in [0, 0.1) is 17.5 Å². The number of anilines is 1. The van der Waals surface area contributed by atoms with Crippen molar-refractivity contribution in [3.05, 3.63) is 63.7 Å². The van der Waals surface area contributed by atoms with E-state index >= 15 is 4.39 Å². The maximum absolute atomic E-state index is 15.2. The van der Waals surface area contributed by atoms with Gasteiger partial charge in [0.25, 0.3) is 0 Å². The number of aromatic carboxylic acids is 1. The average Bonchev–Trinajstić information content (AvgIpc) is 2.80. The summed E-state index contributed by atoms with van der Waals surface area (Å²) in [5, 5.41) is 16.2. The van der Waals surface area contributed by atoms with E-state index in [-0.39, 0.29) is 35.1 Å². The van der Waals surface area contributed by atoms with Gasteiger partial charge >= 0.3 is 5.97 Å². The van der Waals surface area contributed by atoms with Gasteiger partial charge in [0.2, 0.25) is 5.43 Å². The molecular weight excluding hydrogens is 455 g/mol. The van der Waals surface area contributed by atoms with Gasteiger partial charge in [0.1, 0.15) is 24.3 Å². The van der Waals surface area contributed by atoms with E-state index < -0.39 is 34.4 Å². The second-order valence-corrected chi connectivity index (χ2v) is 7.62. The second-order valence-electron chi connectivity index (χ2n) is 7.62. The lowest BCUT2D eigenvalue weighted by Crippen LogP contribution is -2.49. The third-order valence-electron chi connectivity index (χ3n) is 5.61. The summed E-state index contributed by atoms with van der Waals surface area (Å²) in [5.74, 6) is -4.44. The predicted molar refractivity (Wildman–Crippen MR) is 118 cm³/mol. The van der Waals surface area contributed by atoms with Crippen molar-refractivity contribution in [3.63, 3.8) is 0 Å². The van der Waals surface area contributed by atoms with Gasteiger partial charge in [0, 0.05) is 18.8 Å². The SMILES string of the molecule is CNC1CCN(c2nc3c(cc2F)c(=O)c(C(=O)O)cn3-c2ccc(F)cc2F)C/C1=N/OC. The Bertz CT molecular complexity index is 1370. The van der Waals surface area contributed by atoms with Gasteiger partial charge < -0.3 is 20.2 Å². The minimum absolute atomic E-state index is 0.0932. The molecule has 1 saturated heterocycles. The molecule has 1 aromatic carbocycles. The van der Waals surface area contributed by atoms with E-state index in [0.717, 1.165) is 29.0 Å². The summed E-state index contributed by atoms with van der Waals surface area (Å²) in [7, 11) is 3.15. The summed E-state index contributed by atoms with van der Waals surface area (Å²) in [6.45, 7) is 0.545. The molecule has 1 aliphatic rings. The second kappa shape index (κ2) is 9.14. The molecule has 1 atom stereocenters. The van der Waals surface area contributed by atoms with Crippen LogP contribution in [0.15, 0.2) is 40.4 Å². The normalized spacial score (nSPS) is 17.4. The van der Waals surface area contributed by atoms with Gasteiger partial charge in [-0.3, -0.25) is 9.36 Å². The highest BCUT2D eigenvalue weighted by Crippen LogP contribution is 2.26. The molecule has 4 rings (SSSR count). The van der Waals surface area contributed by atoms with E-state index in [1.54, 1.807) is 11.9 Å². The number of nitrogens with zero attached hydrogens (tertiary/aromatic N) is 4. The summed E-state index contributed by atoms with van der Waals surface area (Å²) in [6, 6.07) is 3.45. The van der Waals surface area contributed by atoms with Crippen molar-refractivity contribution in [2.45, 2.75) is 12.5 Å².